The minimum atomic E-state index is 0.150. The second-order valence-electron chi connectivity index (χ2n) is 5.54. The van der Waals surface area contributed by atoms with Crippen molar-refractivity contribution in [1.82, 2.24) is 29.9 Å². The maximum atomic E-state index is 5.50. The number of hydrogen-bond acceptors (Lipinski definition) is 10. The maximum absolute atomic E-state index is 5.50. The summed E-state index contributed by atoms with van der Waals surface area (Å²) in [6, 6.07) is 0. The van der Waals surface area contributed by atoms with Gasteiger partial charge < -0.3 is 22.9 Å². The van der Waals surface area contributed by atoms with Gasteiger partial charge in [0, 0.05) is 6.42 Å². The van der Waals surface area contributed by atoms with Crippen LogP contribution in [-0.4, -0.2) is 29.9 Å². The van der Waals surface area contributed by atoms with Gasteiger partial charge in [0.2, 0.25) is 23.8 Å². The summed E-state index contributed by atoms with van der Waals surface area (Å²) in [6.07, 6.45) is 11.0. The van der Waals surface area contributed by atoms with E-state index in [0.29, 0.717) is 5.82 Å². The van der Waals surface area contributed by atoms with Crippen molar-refractivity contribution < 1.29 is 0 Å². The number of rotatable bonds is 8. The minimum absolute atomic E-state index is 0.150. The molecule has 0 saturated heterocycles. The quantitative estimate of drug-likeness (QED) is 0.508. The zero-order chi connectivity index (χ0) is 18.5. The fourth-order valence-electron chi connectivity index (χ4n) is 2.13. The van der Waals surface area contributed by atoms with Gasteiger partial charge in [0.05, 0.1) is 0 Å². The normalized spacial score (nSPS) is 10.1. The molecule has 0 aliphatic heterocycles. The van der Waals surface area contributed by atoms with Gasteiger partial charge in [-0.1, -0.05) is 45.4 Å². The molecule has 0 saturated carbocycles. The summed E-state index contributed by atoms with van der Waals surface area (Å²) in [5.74, 6) is 1.45. The molecular formula is C15H28N10. The van der Waals surface area contributed by atoms with Gasteiger partial charge in [-0.15, -0.1) is 0 Å². The van der Waals surface area contributed by atoms with Gasteiger partial charge in [0.1, 0.15) is 12.2 Å². The van der Waals surface area contributed by atoms with Gasteiger partial charge in [0.15, 0.2) is 0 Å². The van der Waals surface area contributed by atoms with Crippen LogP contribution in [0.2, 0.25) is 0 Å². The molecule has 0 bridgehead atoms. The molecule has 2 aromatic heterocycles. The van der Waals surface area contributed by atoms with Crippen LogP contribution in [0.5, 0.6) is 0 Å². The second kappa shape index (κ2) is 11.7. The van der Waals surface area contributed by atoms with Crippen LogP contribution in [0, 0.1) is 0 Å². The fraction of sp³-hybridized carbons (Fsp3) is 0.600. The lowest BCUT2D eigenvalue weighted by Crippen LogP contribution is -2.06. The summed E-state index contributed by atoms with van der Waals surface area (Å²) in [4.78, 5) is 22.4. The fourth-order valence-corrected chi connectivity index (χ4v) is 2.13. The third kappa shape index (κ3) is 9.84. The molecule has 8 N–H and O–H groups in total. The molecule has 2 rings (SSSR count). The van der Waals surface area contributed by atoms with Crippen molar-refractivity contribution in [2.75, 3.05) is 22.9 Å². The summed E-state index contributed by atoms with van der Waals surface area (Å²) in [5, 5.41) is 0. The van der Waals surface area contributed by atoms with E-state index in [0.717, 1.165) is 12.8 Å². The molecule has 2 heterocycles. The van der Waals surface area contributed by atoms with Crippen LogP contribution < -0.4 is 22.9 Å². The molecule has 0 aliphatic carbocycles. The monoisotopic (exact) mass is 348 g/mol. The van der Waals surface area contributed by atoms with E-state index in [-0.39, 0.29) is 23.8 Å². The zero-order valence-corrected chi connectivity index (χ0v) is 14.7. The van der Waals surface area contributed by atoms with Crippen molar-refractivity contribution in [2.24, 2.45) is 0 Å². The molecule has 0 aliphatic rings. The summed E-state index contributed by atoms with van der Waals surface area (Å²) in [6.45, 7) is 2.23. The molecule has 25 heavy (non-hydrogen) atoms. The topological polar surface area (TPSA) is 181 Å². The predicted octanol–water partition coefficient (Wildman–Crippen LogP) is 1.37. The third-order valence-electron chi connectivity index (χ3n) is 3.33. The number of nitrogens with zero attached hydrogens (tertiary/aromatic N) is 6. The Morgan fingerprint density at radius 2 is 1.12 bits per heavy atom. The molecule has 138 valence electrons. The van der Waals surface area contributed by atoms with Gasteiger partial charge in [-0.2, -0.15) is 19.9 Å². The molecule has 0 unspecified atom stereocenters. The van der Waals surface area contributed by atoms with Crippen LogP contribution in [0.4, 0.5) is 23.8 Å². The standard InChI is InChI=1S/C12H23N5.C3H5N5/c1-2-3-4-5-6-7-8-9-10-15-11(13)17-12(14)16-10;4-2-6-1-7-3(5)8-2/h2-9H2,1H3,(H4,13,14,15,16,17);1H,(H4,4,5,6,7,8). The Kier molecular flexibility index (Phi) is 9.49. The lowest BCUT2D eigenvalue weighted by atomic mass is 10.1. The number of aryl methyl sites for hydroxylation is 1. The molecule has 10 heteroatoms. The number of hydrogen-bond donors (Lipinski definition) is 4. The Balaban J connectivity index is 0.000000324. The van der Waals surface area contributed by atoms with E-state index in [1.54, 1.807) is 0 Å². The number of nitrogens with two attached hydrogens (primary N) is 4. The lowest BCUT2D eigenvalue weighted by Gasteiger charge is -2.02. The molecule has 0 atom stereocenters. The van der Waals surface area contributed by atoms with Gasteiger partial charge in [-0.25, -0.2) is 9.97 Å². The minimum Gasteiger partial charge on any atom is -0.368 e. The Hall–Kier alpha value is -2.78. The van der Waals surface area contributed by atoms with Gasteiger partial charge in [-0.3, -0.25) is 0 Å². The van der Waals surface area contributed by atoms with Gasteiger partial charge >= 0.3 is 0 Å². The summed E-state index contributed by atoms with van der Waals surface area (Å²) < 4.78 is 0. The average Bonchev–Trinajstić information content (AvgIpc) is 2.53. The molecule has 0 radical (unpaired) electrons. The Bertz CT molecular complexity index is 582. The van der Waals surface area contributed by atoms with E-state index in [2.05, 4.69) is 36.8 Å². The van der Waals surface area contributed by atoms with Crippen LogP contribution in [0.25, 0.3) is 0 Å². The first-order chi connectivity index (χ1) is 12.0. The smallest absolute Gasteiger partial charge is 0.225 e. The molecular weight excluding hydrogens is 320 g/mol. The van der Waals surface area contributed by atoms with E-state index in [9.17, 15) is 0 Å². The molecule has 0 aromatic carbocycles. The van der Waals surface area contributed by atoms with Crippen molar-refractivity contribution in [3.63, 3.8) is 0 Å². The lowest BCUT2D eigenvalue weighted by molar-refractivity contribution is 0.584. The van der Waals surface area contributed by atoms with Crippen LogP contribution in [0.3, 0.4) is 0 Å². The number of aromatic nitrogens is 6. The van der Waals surface area contributed by atoms with Crippen LogP contribution in [0.15, 0.2) is 6.33 Å². The van der Waals surface area contributed by atoms with Gasteiger partial charge in [0.25, 0.3) is 0 Å². The van der Waals surface area contributed by atoms with Crippen molar-refractivity contribution in [1.29, 1.82) is 0 Å². The van der Waals surface area contributed by atoms with Crippen LogP contribution >= 0.6 is 0 Å². The van der Waals surface area contributed by atoms with Crippen LogP contribution in [-0.2, 0) is 6.42 Å². The van der Waals surface area contributed by atoms with E-state index < -0.39 is 0 Å². The Morgan fingerprint density at radius 3 is 1.60 bits per heavy atom. The SMILES string of the molecule is CCCCCCCCCc1nc(N)nc(N)n1.Nc1ncnc(N)n1. The molecule has 10 nitrogen and oxygen atoms in total. The molecule has 0 spiro atoms. The summed E-state index contributed by atoms with van der Waals surface area (Å²) >= 11 is 0. The van der Waals surface area contributed by atoms with Crippen molar-refractivity contribution in [3.8, 4) is 0 Å². The highest BCUT2D eigenvalue weighted by molar-refractivity contribution is 5.25. The van der Waals surface area contributed by atoms with E-state index in [4.69, 9.17) is 22.9 Å². The first-order valence-corrected chi connectivity index (χ1v) is 8.47. The highest BCUT2D eigenvalue weighted by Gasteiger charge is 2.01. The Labute approximate surface area is 147 Å². The molecule has 0 amide bonds. The molecule has 0 fully saturated rings. The predicted molar refractivity (Wildman–Crippen MR) is 99.0 cm³/mol. The van der Waals surface area contributed by atoms with E-state index >= 15 is 0 Å². The van der Waals surface area contributed by atoms with Crippen molar-refractivity contribution >= 4 is 23.8 Å². The Morgan fingerprint density at radius 1 is 0.640 bits per heavy atom. The van der Waals surface area contributed by atoms with E-state index in [1.165, 1.54) is 44.9 Å². The molecule has 2 aromatic rings. The van der Waals surface area contributed by atoms with Crippen molar-refractivity contribution in [2.45, 2.75) is 58.3 Å². The average molecular weight is 348 g/mol. The van der Waals surface area contributed by atoms with Crippen molar-refractivity contribution in [3.05, 3.63) is 12.2 Å². The number of nitrogen functional groups attached to an aromatic ring is 4. The first-order valence-electron chi connectivity index (χ1n) is 8.47. The third-order valence-corrected chi connectivity index (χ3v) is 3.33. The zero-order valence-electron chi connectivity index (χ0n) is 14.7. The highest BCUT2D eigenvalue weighted by Crippen LogP contribution is 2.09. The largest absolute Gasteiger partial charge is 0.368 e. The first kappa shape index (κ1) is 20.3. The van der Waals surface area contributed by atoms with Gasteiger partial charge in [-0.05, 0) is 6.42 Å². The number of anilines is 4. The van der Waals surface area contributed by atoms with Crippen LogP contribution in [0.1, 0.15) is 57.7 Å². The maximum Gasteiger partial charge on any atom is 0.225 e. The second-order valence-corrected chi connectivity index (χ2v) is 5.54. The highest BCUT2D eigenvalue weighted by atomic mass is 15.1. The summed E-state index contributed by atoms with van der Waals surface area (Å²) in [5.41, 5.74) is 21.2. The van der Waals surface area contributed by atoms with E-state index in [1.807, 2.05) is 0 Å². The number of unbranched alkanes of at least 4 members (excludes halogenated alkanes) is 6. The summed E-state index contributed by atoms with van der Waals surface area (Å²) in [7, 11) is 0.